The van der Waals surface area contributed by atoms with Gasteiger partial charge >= 0.3 is 111 Å². The van der Waals surface area contributed by atoms with Crippen LogP contribution in [-0.2, 0) is 21.4 Å². The van der Waals surface area contributed by atoms with Gasteiger partial charge in [0.05, 0.1) is 0 Å². The summed E-state index contributed by atoms with van der Waals surface area (Å²) in [5.41, 5.74) is 1.88. The Labute approximate surface area is 111 Å². The fraction of sp³-hybridized carbons (Fsp3) is 0.600. The molecule has 98 valence electrons. The molecule has 0 bridgehead atoms. The molecule has 0 atom stereocenters. The third-order valence-electron chi connectivity index (χ3n) is 2.58. The average Bonchev–Trinajstić information content (AvgIpc) is 2.13. The first-order chi connectivity index (χ1) is 8.09. The van der Waals surface area contributed by atoms with E-state index in [0.717, 1.165) is 5.56 Å². The fourth-order valence-electron chi connectivity index (χ4n) is 1.94. The van der Waals surface area contributed by atoms with Crippen molar-refractivity contribution in [1.82, 2.24) is 0 Å². The fourth-order valence-corrected chi connectivity index (χ4v) is 1.94. The summed E-state index contributed by atoms with van der Waals surface area (Å²) in [6, 6.07) is 2.00. The number of ether oxygens (including phenoxy) is 1. The van der Waals surface area contributed by atoms with Crippen LogP contribution in [0, 0.1) is 0 Å². The maximum absolute atomic E-state index is 11.9. The molecule has 1 rings (SSSR count). The first kappa shape index (κ1) is 14.9. The summed E-state index contributed by atoms with van der Waals surface area (Å²) in [5, 5.41) is 0. The van der Waals surface area contributed by atoms with E-state index in [2.05, 4.69) is 26.7 Å². The van der Waals surface area contributed by atoms with Gasteiger partial charge in [-0.15, -0.1) is 0 Å². The quantitative estimate of drug-likeness (QED) is 0.749. The van der Waals surface area contributed by atoms with Crippen molar-refractivity contribution in [3.05, 3.63) is 29.1 Å². The summed E-state index contributed by atoms with van der Waals surface area (Å²) in [5.74, 6) is 3.88. The third kappa shape index (κ3) is 4.63. The van der Waals surface area contributed by atoms with Crippen LogP contribution in [0.3, 0.4) is 0 Å². The molecule has 3 heteroatoms. The van der Waals surface area contributed by atoms with E-state index in [1.54, 1.807) is 0 Å². The van der Waals surface area contributed by atoms with Crippen LogP contribution in [0.1, 0.15) is 52.7 Å². The summed E-state index contributed by atoms with van der Waals surface area (Å²) in [4.78, 5) is 11.9. The molecular formula is C15H23BO2. The van der Waals surface area contributed by atoms with Gasteiger partial charge in [0.25, 0.3) is 0 Å². The molecule has 1 heterocycles. The molecule has 1 aromatic rings. The topological polar surface area (TPSA) is 26.3 Å². The molecule has 0 aliphatic heterocycles. The molecule has 0 spiro atoms. The number of hydrogen-bond acceptors (Lipinski definition) is 2. The summed E-state index contributed by atoms with van der Waals surface area (Å²) in [7, 11) is 0. The third-order valence-corrected chi connectivity index (χ3v) is 2.58. The van der Waals surface area contributed by atoms with Crippen LogP contribution in [0.4, 0.5) is 0 Å². The monoisotopic (exact) mass is 246 g/mol. The van der Waals surface area contributed by atoms with Crippen LogP contribution in [0.15, 0.2) is 18.0 Å². The molecular weight excluding hydrogens is 223 g/mol. The van der Waals surface area contributed by atoms with Gasteiger partial charge in [-0.05, 0) is 0 Å². The Hall–Kier alpha value is -1.12. The first-order valence-electron chi connectivity index (χ1n) is 6.40. The Morgan fingerprint density at radius 3 is 2.33 bits per heavy atom. The van der Waals surface area contributed by atoms with Crippen molar-refractivity contribution in [3.63, 3.8) is 0 Å². The zero-order valence-corrected chi connectivity index (χ0v) is 12.3. The van der Waals surface area contributed by atoms with Gasteiger partial charge in [0.1, 0.15) is 0 Å². The number of hydrogen-bond donors (Lipinski definition) is 0. The van der Waals surface area contributed by atoms with Crippen LogP contribution < -0.4 is 0 Å². The molecule has 18 heavy (non-hydrogen) atoms. The Kier molecular flexibility index (Phi) is 4.36. The second-order valence-electron chi connectivity index (χ2n) is 6.67. The number of rotatable bonds is 2. The minimum absolute atomic E-state index is 0.0403. The van der Waals surface area contributed by atoms with Gasteiger partial charge in [-0.1, -0.05) is 0 Å². The first-order valence-corrected chi connectivity index (χ1v) is 6.40. The van der Waals surface area contributed by atoms with Crippen molar-refractivity contribution in [1.29, 1.82) is 0 Å². The number of esters is 1. The Morgan fingerprint density at radius 1 is 1.22 bits per heavy atom. The SMILES string of the molecule is CC(C)(C)OC(=O)Cc1ccbcc1C(C)(C)C. The van der Waals surface area contributed by atoms with Gasteiger partial charge < -0.3 is 0 Å². The van der Waals surface area contributed by atoms with Crippen LogP contribution in [0.25, 0.3) is 0 Å². The zero-order valence-electron chi connectivity index (χ0n) is 12.3. The van der Waals surface area contributed by atoms with Gasteiger partial charge in [0.15, 0.2) is 0 Å². The van der Waals surface area contributed by atoms with Gasteiger partial charge in [-0.25, -0.2) is 0 Å². The molecule has 0 aliphatic carbocycles. The molecule has 0 saturated carbocycles. The summed E-state index contributed by atoms with van der Waals surface area (Å²) < 4.78 is 5.37. The minimum atomic E-state index is -0.423. The molecule has 2 nitrogen and oxygen atoms in total. The van der Waals surface area contributed by atoms with E-state index in [1.807, 2.05) is 39.7 Å². The van der Waals surface area contributed by atoms with Gasteiger partial charge in [-0.3, -0.25) is 0 Å². The molecule has 0 aliphatic rings. The van der Waals surface area contributed by atoms with Crippen molar-refractivity contribution in [2.45, 2.75) is 59.0 Å². The van der Waals surface area contributed by atoms with Crippen molar-refractivity contribution in [2.75, 3.05) is 0 Å². The molecule has 0 N–H and O–H groups in total. The molecule has 0 unspecified atom stereocenters. The van der Waals surface area contributed by atoms with E-state index in [-0.39, 0.29) is 11.4 Å². The molecule has 0 saturated heterocycles. The molecule has 0 aromatic carbocycles. The van der Waals surface area contributed by atoms with Crippen molar-refractivity contribution in [3.8, 4) is 0 Å². The summed E-state index contributed by atoms with van der Waals surface area (Å²) >= 11 is 0. The molecule has 0 radical (unpaired) electrons. The number of carbonyl (C=O) groups is 1. The summed E-state index contributed by atoms with van der Waals surface area (Å²) in [6.45, 7) is 14.1. The van der Waals surface area contributed by atoms with Crippen molar-refractivity contribution in [2.24, 2.45) is 0 Å². The van der Waals surface area contributed by atoms with E-state index in [0.29, 0.717) is 6.42 Å². The van der Waals surface area contributed by atoms with Gasteiger partial charge in [0, 0.05) is 0 Å². The van der Waals surface area contributed by atoms with Crippen molar-refractivity contribution >= 4 is 12.9 Å². The van der Waals surface area contributed by atoms with E-state index < -0.39 is 5.60 Å². The van der Waals surface area contributed by atoms with Crippen LogP contribution >= 0.6 is 0 Å². The molecule has 1 aromatic heterocycles. The molecule has 0 fully saturated rings. The Bertz CT molecular complexity index is 425. The van der Waals surface area contributed by atoms with Crippen LogP contribution in [0.2, 0.25) is 0 Å². The second-order valence-corrected chi connectivity index (χ2v) is 6.67. The van der Waals surface area contributed by atoms with E-state index in [1.165, 1.54) is 5.56 Å². The zero-order chi connectivity index (χ0) is 14.0. The summed E-state index contributed by atoms with van der Waals surface area (Å²) in [6.07, 6.45) is 0.338. The van der Waals surface area contributed by atoms with Gasteiger partial charge in [0.2, 0.25) is 0 Å². The van der Waals surface area contributed by atoms with E-state index in [4.69, 9.17) is 4.74 Å². The number of carbonyl (C=O) groups excluding carboxylic acids is 1. The van der Waals surface area contributed by atoms with Crippen LogP contribution in [-0.4, -0.2) is 18.5 Å². The Morgan fingerprint density at radius 2 is 1.83 bits per heavy atom. The average molecular weight is 246 g/mol. The van der Waals surface area contributed by atoms with E-state index >= 15 is 0 Å². The predicted molar refractivity (Wildman–Crippen MR) is 76.0 cm³/mol. The van der Waals surface area contributed by atoms with Crippen molar-refractivity contribution < 1.29 is 9.53 Å². The second kappa shape index (κ2) is 5.25. The predicted octanol–water partition coefficient (Wildman–Crippen LogP) is 3.21. The van der Waals surface area contributed by atoms with Crippen LogP contribution in [0.5, 0.6) is 0 Å². The van der Waals surface area contributed by atoms with Gasteiger partial charge in [-0.2, -0.15) is 0 Å². The van der Waals surface area contributed by atoms with E-state index in [9.17, 15) is 4.79 Å². The molecule has 0 amide bonds. The normalized spacial score (nSPS) is 12.1. The standard InChI is InChI=1S/C15H23BO2/c1-14(2,3)12-10-16-8-7-11(12)9-13(17)18-15(4,5)6/h7-8,10H,9H2,1-6H3. The maximum atomic E-state index is 11.9. The Balaban J connectivity index is 2.89.